The van der Waals surface area contributed by atoms with Gasteiger partial charge in [0.05, 0.1) is 10.6 Å². The quantitative estimate of drug-likeness (QED) is 0.797. The molecule has 0 aliphatic heterocycles. The van der Waals surface area contributed by atoms with Gasteiger partial charge in [-0.05, 0) is 31.0 Å². The maximum Gasteiger partial charge on any atom is 0.238 e. The van der Waals surface area contributed by atoms with E-state index >= 15 is 0 Å². The van der Waals surface area contributed by atoms with E-state index in [2.05, 4.69) is 0 Å². The Hall–Kier alpha value is -1.18. The molecule has 5 nitrogen and oxygen atoms in total. The highest BCUT2D eigenvalue weighted by Crippen LogP contribution is 2.25. The van der Waals surface area contributed by atoms with Crippen LogP contribution in [0.2, 0.25) is 0 Å². The van der Waals surface area contributed by atoms with Gasteiger partial charge in [-0.3, -0.25) is 0 Å². The van der Waals surface area contributed by atoms with E-state index in [0.29, 0.717) is 18.8 Å². The molecule has 1 aromatic carbocycles. The summed E-state index contributed by atoms with van der Waals surface area (Å²) in [6.45, 7) is 4.95. The van der Waals surface area contributed by atoms with Crippen molar-refractivity contribution in [2.45, 2.75) is 37.6 Å². The number of benzene rings is 1. The number of rotatable bonds is 7. The lowest BCUT2D eigenvalue weighted by atomic mass is 10.1. The Bertz CT molecular complexity index is 545. The number of halogens is 1. The molecule has 0 fully saturated rings. The van der Waals surface area contributed by atoms with Crippen LogP contribution in [0.3, 0.4) is 0 Å². The number of anilines is 1. The Morgan fingerprint density at radius 2 is 1.90 bits per heavy atom. The minimum Gasteiger partial charge on any atom is -0.365 e. The molecule has 0 heterocycles. The van der Waals surface area contributed by atoms with Crippen molar-refractivity contribution in [1.29, 1.82) is 0 Å². The average Bonchev–Trinajstić information content (AvgIpc) is 2.38. The van der Waals surface area contributed by atoms with Crippen LogP contribution in [0.15, 0.2) is 23.1 Å². The predicted octanol–water partition coefficient (Wildman–Crippen LogP) is 1.43. The second-order valence-corrected chi connectivity index (χ2v) is 6.17. The molecule has 0 radical (unpaired) electrons. The lowest BCUT2D eigenvalue weighted by molar-refractivity contribution is 0.538. The lowest BCUT2D eigenvalue weighted by Crippen LogP contribution is -2.39. The number of hydrogen-bond acceptors (Lipinski definition) is 4. The third-order valence-corrected chi connectivity index (χ3v) is 4.22. The van der Waals surface area contributed by atoms with Gasteiger partial charge in [-0.25, -0.2) is 17.9 Å². The number of nitrogens with zero attached hydrogens (tertiary/aromatic N) is 1. The van der Waals surface area contributed by atoms with Gasteiger partial charge >= 0.3 is 0 Å². The number of sulfonamides is 1. The third-order valence-electron chi connectivity index (χ3n) is 3.31. The van der Waals surface area contributed by atoms with Crippen LogP contribution < -0.4 is 15.8 Å². The van der Waals surface area contributed by atoms with Crippen molar-refractivity contribution >= 4 is 15.7 Å². The highest BCUT2D eigenvalue weighted by Gasteiger charge is 2.20. The van der Waals surface area contributed by atoms with Crippen molar-refractivity contribution < 1.29 is 12.8 Å². The summed E-state index contributed by atoms with van der Waals surface area (Å²) >= 11 is 0. The van der Waals surface area contributed by atoms with Gasteiger partial charge in [-0.1, -0.05) is 13.8 Å². The summed E-state index contributed by atoms with van der Waals surface area (Å²) < 4.78 is 36.6. The fourth-order valence-electron chi connectivity index (χ4n) is 2.27. The van der Waals surface area contributed by atoms with Crippen LogP contribution in [-0.2, 0) is 10.0 Å². The molecule has 0 unspecified atom stereocenters. The minimum absolute atomic E-state index is 0.161. The van der Waals surface area contributed by atoms with Crippen molar-refractivity contribution in [1.82, 2.24) is 0 Å². The molecule has 0 saturated heterocycles. The van der Waals surface area contributed by atoms with Crippen LogP contribution >= 0.6 is 0 Å². The van der Waals surface area contributed by atoms with E-state index in [0.717, 1.165) is 18.9 Å². The van der Waals surface area contributed by atoms with E-state index in [1.54, 1.807) is 0 Å². The first-order valence-corrected chi connectivity index (χ1v) is 8.18. The fourth-order valence-corrected chi connectivity index (χ4v) is 2.79. The van der Waals surface area contributed by atoms with Crippen LogP contribution in [0.4, 0.5) is 10.1 Å². The molecular formula is C13H22FN3O2S. The summed E-state index contributed by atoms with van der Waals surface area (Å²) in [5, 5.41) is 4.99. The smallest absolute Gasteiger partial charge is 0.238 e. The topological polar surface area (TPSA) is 89.4 Å². The Labute approximate surface area is 119 Å². The molecule has 1 aromatic rings. The Balaban J connectivity index is 3.21. The first kappa shape index (κ1) is 16.9. The van der Waals surface area contributed by atoms with Crippen molar-refractivity contribution in [3.05, 3.63) is 24.0 Å². The third kappa shape index (κ3) is 3.91. The lowest BCUT2D eigenvalue weighted by Gasteiger charge is -2.32. The molecule has 20 heavy (non-hydrogen) atoms. The van der Waals surface area contributed by atoms with Gasteiger partial charge in [0.2, 0.25) is 10.0 Å². The van der Waals surface area contributed by atoms with Crippen LogP contribution in [-0.4, -0.2) is 27.5 Å². The SMILES string of the molecule is CCC(CC)N(CCN)c1ccc(S(N)(=O)=O)cc1F. The Kier molecular flexibility index (Phi) is 5.91. The molecule has 0 aliphatic carbocycles. The summed E-state index contributed by atoms with van der Waals surface area (Å²) in [7, 11) is -3.89. The van der Waals surface area contributed by atoms with E-state index in [4.69, 9.17) is 10.9 Å². The van der Waals surface area contributed by atoms with Crippen LogP contribution in [0.1, 0.15) is 26.7 Å². The Morgan fingerprint density at radius 3 is 2.30 bits per heavy atom. The van der Waals surface area contributed by atoms with Crippen molar-refractivity contribution in [3.8, 4) is 0 Å². The zero-order valence-electron chi connectivity index (χ0n) is 11.8. The summed E-state index contributed by atoms with van der Waals surface area (Å²) in [5.74, 6) is -0.600. The molecule has 7 heteroatoms. The van der Waals surface area contributed by atoms with Gasteiger partial charge in [0.25, 0.3) is 0 Å². The van der Waals surface area contributed by atoms with Gasteiger partial charge in [0.15, 0.2) is 0 Å². The molecule has 0 spiro atoms. The molecule has 0 aliphatic rings. The van der Waals surface area contributed by atoms with Crippen LogP contribution in [0.25, 0.3) is 0 Å². The molecule has 1 rings (SSSR count). The minimum atomic E-state index is -3.89. The molecule has 0 saturated carbocycles. The van der Waals surface area contributed by atoms with Crippen LogP contribution in [0, 0.1) is 5.82 Å². The van der Waals surface area contributed by atoms with Gasteiger partial charge in [0, 0.05) is 19.1 Å². The van der Waals surface area contributed by atoms with Crippen molar-refractivity contribution in [2.75, 3.05) is 18.0 Å². The van der Waals surface area contributed by atoms with Crippen molar-refractivity contribution in [3.63, 3.8) is 0 Å². The monoisotopic (exact) mass is 303 g/mol. The molecule has 4 N–H and O–H groups in total. The number of primary sulfonamides is 1. The maximum atomic E-state index is 14.2. The molecule has 0 atom stereocenters. The molecular weight excluding hydrogens is 281 g/mol. The zero-order valence-corrected chi connectivity index (χ0v) is 12.7. The number of hydrogen-bond donors (Lipinski definition) is 2. The fraction of sp³-hybridized carbons (Fsp3) is 0.538. The van der Waals surface area contributed by atoms with E-state index < -0.39 is 15.8 Å². The second-order valence-electron chi connectivity index (χ2n) is 4.61. The molecule has 0 amide bonds. The summed E-state index contributed by atoms with van der Waals surface area (Å²) in [5.41, 5.74) is 5.94. The van der Waals surface area contributed by atoms with Gasteiger partial charge < -0.3 is 10.6 Å². The van der Waals surface area contributed by atoms with E-state index in [1.807, 2.05) is 18.7 Å². The average molecular weight is 303 g/mol. The van der Waals surface area contributed by atoms with Gasteiger partial charge in [-0.2, -0.15) is 0 Å². The van der Waals surface area contributed by atoms with E-state index in [9.17, 15) is 12.8 Å². The summed E-state index contributed by atoms with van der Waals surface area (Å²) in [6.07, 6.45) is 1.71. The maximum absolute atomic E-state index is 14.2. The number of nitrogens with two attached hydrogens (primary N) is 2. The van der Waals surface area contributed by atoms with Crippen molar-refractivity contribution in [2.24, 2.45) is 10.9 Å². The zero-order chi connectivity index (χ0) is 15.3. The largest absolute Gasteiger partial charge is 0.365 e. The first-order chi connectivity index (χ1) is 9.35. The van der Waals surface area contributed by atoms with E-state index in [1.165, 1.54) is 12.1 Å². The molecule has 0 aromatic heterocycles. The second kappa shape index (κ2) is 7.01. The first-order valence-electron chi connectivity index (χ1n) is 6.64. The molecule has 114 valence electrons. The highest BCUT2D eigenvalue weighted by atomic mass is 32.2. The standard InChI is InChI=1S/C13H22FN3O2S/c1-3-10(4-2)17(8-7-15)13-6-5-11(9-12(13)14)20(16,18)19/h5-6,9-10H,3-4,7-8,15H2,1-2H3,(H2,16,18,19). The summed E-state index contributed by atoms with van der Waals surface area (Å²) in [6, 6.07) is 3.88. The predicted molar refractivity (Wildman–Crippen MR) is 78.5 cm³/mol. The van der Waals surface area contributed by atoms with Crippen LogP contribution in [0.5, 0.6) is 0 Å². The molecule has 0 bridgehead atoms. The van der Waals surface area contributed by atoms with Gasteiger partial charge in [-0.15, -0.1) is 0 Å². The van der Waals surface area contributed by atoms with Gasteiger partial charge in [0.1, 0.15) is 5.82 Å². The normalized spacial score (nSPS) is 11.9. The Morgan fingerprint density at radius 1 is 1.30 bits per heavy atom. The summed E-state index contributed by atoms with van der Waals surface area (Å²) in [4.78, 5) is 1.65. The van der Waals surface area contributed by atoms with E-state index in [-0.39, 0.29) is 10.9 Å². The highest BCUT2D eigenvalue weighted by molar-refractivity contribution is 7.89.